The lowest BCUT2D eigenvalue weighted by molar-refractivity contribution is 0.0923. The summed E-state index contributed by atoms with van der Waals surface area (Å²) in [6.07, 6.45) is 0. The zero-order valence-electron chi connectivity index (χ0n) is 8.05. The van der Waals surface area contributed by atoms with Crippen LogP contribution in [-0.2, 0) is 0 Å². The van der Waals surface area contributed by atoms with Crippen LogP contribution in [0.4, 0.5) is 0 Å². The van der Waals surface area contributed by atoms with Crippen LogP contribution in [0, 0.1) is 0 Å². The molecular weight excluding hydrogens is 246 g/mol. The van der Waals surface area contributed by atoms with Crippen LogP contribution in [0.3, 0.4) is 0 Å². The van der Waals surface area contributed by atoms with E-state index in [1.54, 1.807) is 6.07 Å². The van der Waals surface area contributed by atoms with Gasteiger partial charge in [0.25, 0.3) is 5.91 Å². The molecule has 3 rings (SSSR count). The molecule has 0 saturated carbocycles. The zero-order chi connectivity index (χ0) is 11.1. The van der Waals surface area contributed by atoms with Crippen molar-refractivity contribution in [1.82, 2.24) is 14.8 Å². The number of nitrogens with zero attached hydrogens (tertiary/aromatic N) is 3. The van der Waals surface area contributed by atoms with Crippen LogP contribution >= 0.6 is 23.4 Å². The van der Waals surface area contributed by atoms with Gasteiger partial charge in [-0.05, 0) is 12.1 Å². The number of aromatic nitrogens is 3. The molecule has 6 heteroatoms. The third-order valence-electron chi connectivity index (χ3n) is 2.25. The summed E-state index contributed by atoms with van der Waals surface area (Å²) in [6, 6.07) is 7.32. The first-order valence-electron chi connectivity index (χ1n) is 4.63. The number of thioether (sulfide) groups is 1. The van der Waals surface area contributed by atoms with Crippen molar-refractivity contribution in [2.45, 2.75) is 5.16 Å². The molecule has 0 N–H and O–H groups in total. The van der Waals surface area contributed by atoms with E-state index < -0.39 is 0 Å². The summed E-state index contributed by atoms with van der Waals surface area (Å²) in [6.45, 7) is 0. The minimum absolute atomic E-state index is 0.0363. The Kier molecular flexibility index (Phi) is 2.22. The van der Waals surface area contributed by atoms with E-state index in [2.05, 4.69) is 10.1 Å². The molecule has 80 valence electrons. The fourth-order valence-electron chi connectivity index (χ4n) is 1.50. The van der Waals surface area contributed by atoms with Gasteiger partial charge in [0.15, 0.2) is 11.0 Å². The number of rotatable bonds is 1. The average Bonchev–Trinajstić information content (AvgIpc) is 2.82. The quantitative estimate of drug-likeness (QED) is 0.781. The molecule has 1 aromatic carbocycles. The maximum Gasteiger partial charge on any atom is 0.259 e. The first kappa shape index (κ1) is 9.86. The van der Waals surface area contributed by atoms with Crippen molar-refractivity contribution in [3.05, 3.63) is 29.3 Å². The summed E-state index contributed by atoms with van der Waals surface area (Å²) in [5, 5.41) is 5.38. The van der Waals surface area contributed by atoms with Crippen LogP contribution in [0.2, 0.25) is 5.02 Å². The average molecular weight is 252 g/mol. The molecule has 0 fully saturated rings. The lowest BCUT2D eigenvalue weighted by atomic mass is 10.2. The lowest BCUT2D eigenvalue weighted by Gasteiger charge is -1.97. The number of hydrogen-bond acceptors (Lipinski definition) is 4. The summed E-state index contributed by atoms with van der Waals surface area (Å²) in [7, 11) is 0. The number of halogens is 1. The highest BCUT2D eigenvalue weighted by atomic mass is 35.5. The Hall–Kier alpha value is -1.33. The Morgan fingerprint density at radius 1 is 1.38 bits per heavy atom. The molecule has 0 saturated heterocycles. The number of benzene rings is 1. The van der Waals surface area contributed by atoms with Crippen LogP contribution in [0.15, 0.2) is 29.4 Å². The predicted molar refractivity (Wildman–Crippen MR) is 61.8 cm³/mol. The van der Waals surface area contributed by atoms with Gasteiger partial charge in [-0.3, -0.25) is 4.79 Å². The number of fused-ring (bicyclic) bond motifs is 1. The van der Waals surface area contributed by atoms with Crippen LogP contribution in [-0.4, -0.2) is 26.4 Å². The van der Waals surface area contributed by atoms with E-state index in [0.29, 0.717) is 21.8 Å². The molecule has 16 heavy (non-hydrogen) atoms. The molecule has 1 aromatic heterocycles. The molecule has 0 bridgehead atoms. The standard InChI is InChI=1S/C10H6ClN3OS/c11-7-4-2-1-3-6(7)9-12-10-14(13-9)8(15)5-16-10/h1-4H,5H2. The Bertz CT molecular complexity index is 581. The summed E-state index contributed by atoms with van der Waals surface area (Å²) in [4.78, 5) is 15.7. The Labute approximate surface area is 101 Å². The fourth-order valence-corrected chi connectivity index (χ4v) is 2.51. The molecule has 0 atom stereocenters. The summed E-state index contributed by atoms with van der Waals surface area (Å²) in [5.74, 6) is 0.880. The maximum atomic E-state index is 11.4. The van der Waals surface area contributed by atoms with E-state index in [-0.39, 0.29) is 5.91 Å². The normalized spacial score (nSPS) is 14.2. The van der Waals surface area contributed by atoms with Gasteiger partial charge in [-0.15, -0.1) is 5.10 Å². The summed E-state index contributed by atoms with van der Waals surface area (Å²) in [5.41, 5.74) is 0.750. The molecule has 2 aromatic rings. The highest BCUT2D eigenvalue weighted by Crippen LogP contribution is 2.29. The van der Waals surface area contributed by atoms with E-state index in [4.69, 9.17) is 11.6 Å². The minimum atomic E-state index is -0.0363. The molecule has 0 unspecified atom stereocenters. The van der Waals surface area contributed by atoms with E-state index in [9.17, 15) is 4.79 Å². The maximum absolute atomic E-state index is 11.4. The minimum Gasteiger partial charge on any atom is -0.271 e. The monoisotopic (exact) mass is 251 g/mol. The van der Waals surface area contributed by atoms with Gasteiger partial charge in [-0.2, -0.15) is 4.68 Å². The number of hydrogen-bond donors (Lipinski definition) is 0. The van der Waals surface area contributed by atoms with Gasteiger partial charge in [0.05, 0.1) is 10.8 Å². The predicted octanol–water partition coefficient (Wildman–Crippen LogP) is 2.34. The third-order valence-corrected chi connectivity index (χ3v) is 3.50. The Balaban J connectivity index is 2.12. The second-order valence-electron chi connectivity index (χ2n) is 3.29. The van der Waals surface area contributed by atoms with E-state index in [1.165, 1.54) is 16.4 Å². The van der Waals surface area contributed by atoms with E-state index >= 15 is 0 Å². The van der Waals surface area contributed by atoms with Gasteiger partial charge in [-0.25, -0.2) is 4.98 Å². The number of carbonyl (C=O) groups excluding carboxylic acids is 1. The van der Waals surface area contributed by atoms with Crippen molar-refractivity contribution in [2.24, 2.45) is 0 Å². The molecule has 1 aliphatic heterocycles. The van der Waals surface area contributed by atoms with Gasteiger partial charge in [0, 0.05) is 5.56 Å². The van der Waals surface area contributed by atoms with Crippen LogP contribution in [0.1, 0.15) is 4.79 Å². The fraction of sp³-hybridized carbons (Fsp3) is 0.100. The molecule has 0 amide bonds. The summed E-state index contributed by atoms with van der Waals surface area (Å²) < 4.78 is 1.34. The Morgan fingerprint density at radius 2 is 2.19 bits per heavy atom. The van der Waals surface area contributed by atoms with Crippen LogP contribution in [0.5, 0.6) is 0 Å². The smallest absolute Gasteiger partial charge is 0.259 e. The highest BCUT2D eigenvalue weighted by molar-refractivity contribution is 8.00. The second kappa shape index (κ2) is 3.61. The first-order valence-corrected chi connectivity index (χ1v) is 6.00. The molecule has 0 aliphatic carbocycles. The largest absolute Gasteiger partial charge is 0.271 e. The molecule has 4 nitrogen and oxygen atoms in total. The van der Waals surface area contributed by atoms with Crippen molar-refractivity contribution in [3.63, 3.8) is 0 Å². The SMILES string of the molecule is O=C1CSc2nc(-c3ccccc3Cl)nn21. The van der Waals surface area contributed by atoms with Crippen molar-refractivity contribution in [1.29, 1.82) is 0 Å². The van der Waals surface area contributed by atoms with Crippen LogP contribution in [0.25, 0.3) is 11.4 Å². The Morgan fingerprint density at radius 3 is 2.94 bits per heavy atom. The zero-order valence-corrected chi connectivity index (χ0v) is 9.63. The third kappa shape index (κ3) is 1.44. The van der Waals surface area contributed by atoms with Gasteiger partial charge in [0.2, 0.25) is 0 Å². The lowest BCUT2D eigenvalue weighted by Crippen LogP contribution is -2.08. The highest BCUT2D eigenvalue weighted by Gasteiger charge is 2.24. The first-order chi connectivity index (χ1) is 7.75. The molecule has 2 heterocycles. The van der Waals surface area contributed by atoms with Crippen molar-refractivity contribution in [2.75, 3.05) is 5.75 Å². The summed E-state index contributed by atoms with van der Waals surface area (Å²) >= 11 is 7.43. The number of carbonyl (C=O) groups is 1. The van der Waals surface area contributed by atoms with Crippen molar-refractivity contribution in [3.8, 4) is 11.4 Å². The van der Waals surface area contributed by atoms with Crippen LogP contribution < -0.4 is 0 Å². The molecular formula is C10H6ClN3OS. The van der Waals surface area contributed by atoms with Gasteiger partial charge >= 0.3 is 0 Å². The second-order valence-corrected chi connectivity index (χ2v) is 4.64. The van der Waals surface area contributed by atoms with Gasteiger partial charge in [0.1, 0.15) is 0 Å². The topological polar surface area (TPSA) is 47.8 Å². The van der Waals surface area contributed by atoms with E-state index in [0.717, 1.165) is 5.56 Å². The molecule has 0 spiro atoms. The molecule has 1 aliphatic rings. The van der Waals surface area contributed by atoms with E-state index in [1.807, 2.05) is 18.2 Å². The van der Waals surface area contributed by atoms with Gasteiger partial charge in [-0.1, -0.05) is 35.5 Å². The molecule has 0 radical (unpaired) electrons. The van der Waals surface area contributed by atoms with Gasteiger partial charge < -0.3 is 0 Å². The van der Waals surface area contributed by atoms with Crippen molar-refractivity contribution >= 4 is 29.3 Å². The van der Waals surface area contributed by atoms with Crippen molar-refractivity contribution < 1.29 is 4.79 Å².